The lowest BCUT2D eigenvalue weighted by atomic mass is 10.1. The summed E-state index contributed by atoms with van der Waals surface area (Å²) in [7, 11) is 1.56. The molecule has 0 bridgehead atoms. The number of carbonyl (C=O) groups is 2. The van der Waals surface area contributed by atoms with Gasteiger partial charge in [0.1, 0.15) is 5.69 Å². The van der Waals surface area contributed by atoms with E-state index in [1.807, 2.05) is 0 Å². The molecule has 9 nitrogen and oxygen atoms in total. The van der Waals surface area contributed by atoms with E-state index in [1.165, 1.54) is 18.2 Å². The van der Waals surface area contributed by atoms with Gasteiger partial charge in [-0.05, 0) is 19.1 Å². The number of aromatic nitrogens is 1. The summed E-state index contributed by atoms with van der Waals surface area (Å²) < 4.78 is 4.83. The molecule has 0 atom stereocenters. The van der Waals surface area contributed by atoms with Crippen LogP contribution in [0.15, 0.2) is 23.6 Å². The first-order chi connectivity index (χ1) is 11.9. The number of nitro groups is 1. The van der Waals surface area contributed by atoms with E-state index in [9.17, 15) is 19.7 Å². The zero-order chi connectivity index (χ0) is 18.4. The fraction of sp³-hybridized carbons (Fsp3) is 0.267. The molecule has 0 saturated heterocycles. The molecular weight excluding hydrogens is 348 g/mol. The maximum atomic E-state index is 12.2. The number of nitro benzene ring substituents is 1. The first-order valence-corrected chi connectivity index (χ1v) is 8.20. The summed E-state index contributed by atoms with van der Waals surface area (Å²) in [5, 5.41) is 18.2. The molecule has 10 heteroatoms. The third-order valence-corrected chi connectivity index (χ3v) is 3.94. The lowest BCUT2D eigenvalue weighted by Crippen LogP contribution is -2.13. The summed E-state index contributed by atoms with van der Waals surface area (Å²) in [5.41, 5.74) is 0.730. The van der Waals surface area contributed by atoms with E-state index in [-0.39, 0.29) is 24.3 Å². The van der Waals surface area contributed by atoms with Crippen LogP contribution in [-0.4, -0.2) is 35.4 Å². The number of ether oxygens (including phenoxy) is 1. The van der Waals surface area contributed by atoms with Crippen LogP contribution in [0.2, 0.25) is 0 Å². The molecule has 2 rings (SSSR count). The van der Waals surface area contributed by atoms with Gasteiger partial charge in [0.2, 0.25) is 0 Å². The molecule has 1 heterocycles. The summed E-state index contributed by atoms with van der Waals surface area (Å²) in [6.45, 7) is 2.00. The average molecular weight is 364 g/mol. The van der Waals surface area contributed by atoms with Crippen molar-refractivity contribution >= 4 is 39.7 Å². The number of benzene rings is 1. The van der Waals surface area contributed by atoms with Crippen LogP contribution in [0.4, 0.5) is 16.5 Å². The Hall–Kier alpha value is -3.01. The highest BCUT2D eigenvalue weighted by Gasteiger charge is 2.18. The number of esters is 1. The fourth-order valence-corrected chi connectivity index (χ4v) is 2.72. The highest BCUT2D eigenvalue weighted by molar-refractivity contribution is 7.14. The third kappa shape index (κ3) is 4.73. The minimum atomic E-state index is -0.566. The molecule has 132 valence electrons. The molecule has 0 aliphatic carbocycles. The number of anilines is 2. The molecule has 0 radical (unpaired) electrons. The van der Waals surface area contributed by atoms with Crippen LogP contribution < -0.4 is 10.6 Å². The standard InChI is InChI=1S/C15H16N4O5S/c1-3-24-13(20)7-10-8-25-15(17-10)18-14(21)9-4-5-11(16-2)12(6-9)19(22)23/h4-6,8,16H,3,7H2,1-2H3,(H,17,18,21). The Bertz CT molecular complexity index is 805. The summed E-state index contributed by atoms with van der Waals surface area (Å²) in [5.74, 6) is -0.924. The van der Waals surface area contributed by atoms with Crippen molar-refractivity contribution in [3.05, 3.63) is 45.0 Å². The summed E-state index contributed by atoms with van der Waals surface area (Å²) >= 11 is 1.15. The second kappa shape index (κ2) is 8.20. The first-order valence-electron chi connectivity index (χ1n) is 7.32. The van der Waals surface area contributed by atoms with Crippen LogP contribution >= 0.6 is 11.3 Å². The fourth-order valence-electron chi connectivity index (χ4n) is 2.01. The zero-order valence-corrected chi connectivity index (χ0v) is 14.4. The van der Waals surface area contributed by atoms with E-state index in [4.69, 9.17) is 4.74 Å². The van der Waals surface area contributed by atoms with Crippen molar-refractivity contribution in [3.63, 3.8) is 0 Å². The summed E-state index contributed by atoms with van der Waals surface area (Å²) in [4.78, 5) is 38.3. The number of nitrogens with zero attached hydrogens (tertiary/aromatic N) is 2. The number of thiazole rings is 1. The predicted octanol–water partition coefficient (Wildman–Crippen LogP) is 2.45. The number of amides is 1. The molecule has 1 amide bonds. The van der Waals surface area contributed by atoms with Crippen LogP contribution in [0, 0.1) is 10.1 Å². The third-order valence-electron chi connectivity index (χ3n) is 3.13. The Kier molecular flexibility index (Phi) is 6.01. The van der Waals surface area contributed by atoms with Crippen molar-refractivity contribution in [1.82, 2.24) is 4.98 Å². The maximum absolute atomic E-state index is 12.2. The quantitative estimate of drug-likeness (QED) is 0.439. The van der Waals surface area contributed by atoms with Crippen molar-refractivity contribution in [2.24, 2.45) is 0 Å². The Balaban J connectivity index is 2.10. The molecule has 25 heavy (non-hydrogen) atoms. The van der Waals surface area contributed by atoms with Gasteiger partial charge in [-0.1, -0.05) is 0 Å². The highest BCUT2D eigenvalue weighted by atomic mass is 32.1. The Morgan fingerprint density at radius 3 is 2.80 bits per heavy atom. The van der Waals surface area contributed by atoms with Crippen molar-refractivity contribution in [2.45, 2.75) is 13.3 Å². The lowest BCUT2D eigenvalue weighted by molar-refractivity contribution is -0.384. The van der Waals surface area contributed by atoms with Crippen molar-refractivity contribution in [1.29, 1.82) is 0 Å². The molecule has 0 saturated carbocycles. The minimum Gasteiger partial charge on any atom is -0.466 e. The number of hydrogen-bond acceptors (Lipinski definition) is 8. The van der Waals surface area contributed by atoms with Gasteiger partial charge in [0.25, 0.3) is 11.6 Å². The SMILES string of the molecule is CCOC(=O)Cc1csc(NC(=O)c2ccc(NC)c([N+](=O)[O-])c2)n1. The van der Waals surface area contributed by atoms with Crippen molar-refractivity contribution < 1.29 is 19.2 Å². The van der Waals surface area contributed by atoms with E-state index in [2.05, 4.69) is 15.6 Å². The molecule has 0 aliphatic heterocycles. The lowest BCUT2D eigenvalue weighted by Gasteiger charge is -2.05. The van der Waals surface area contributed by atoms with Gasteiger partial charge in [0.15, 0.2) is 5.13 Å². The van der Waals surface area contributed by atoms with Crippen LogP contribution in [0.1, 0.15) is 23.0 Å². The predicted molar refractivity (Wildman–Crippen MR) is 93.0 cm³/mol. The van der Waals surface area contributed by atoms with E-state index in [0.29, 0.717) is 16.5 Å². The van der Waals surface area contributed by atoms with E-state index in [1.54, 1.807) is 19.4 Å². The Labute approximate surface area is 147 Å². The summed E-state index contributed by atoms with van der Waals surface area (Å²) in [6.07, 6.45) is 0.0164. The van der Waals surface area contributed by atoms with Gasteiger partial charge in [-0.25, -0.2) is 4.98 Å². The first kappa shape index (κ1) is 18.3. The highest BCUT2D eigenvalue weighted by Crippen LogP contribution is 2.26. The van der Waals surface area contributed by atoms with Gasteiger partial charge in [-0.15, -0.1) is 11.3 Å². The largest absolute Gasteiger partial charge is 0.466 e. The van der Waals surface area contributed by atoms with E-state index in [0.717, 1.165) is 11.3 Å². The number of hydrogen-bond donors (Lipinski definition) is 2. The molecule has 0 aliphatic rings. The van der Waals surface area contributed by atoms with Crippen molar-refractivity contribution in [2.75, 3.05) is 24.3 Å². The molecule has 2 N–H and O–H groups in total. The zero-order valence-electron chi connectivity index (χ0n) is 13.6. The van der Waals surface area contributed by atoms with E-state index >= 15 is 0 Å². The normalized spacial score (nSPS) is 10.2. The van der Waals surface area contributed by atoms with Crippen LogP contribution in [0.3, 0.4) is 0 Å². The molecule has 1 aromatic carbocycles. The van der Waals surface area contributed by atoms with Gasteiger partial charge < -0.3 is 10.1 Å². The number of carbonyl (C=O) groups excluding carboxylic acids is 2. The second-order valence-electron chi connectivity index (χ2n) is 4.82. The average Bonchev–Trinajstić information content (AvgIpc) is 3.01. The molecule has 0 fully saturated rings. The van der Waals surface area contributed by atoms with Crippen molar-refractivity contribution in [3.8, 4) is 0 Å². The smallest absolute Gasteiger partial charge is 0.311 e. The molecule has 1 aromatic heterocycles. The maximum Gasteiger partial charge on any atom is 0.311 e. The van der Waals surface area contributed by atoms with Crippen LogP contribution in [-0.2, 0) is 16.0 Å². The van der Waals surface area contributed by atoms with Crippen LogP contribution in [0.5, 0.6) is 0 Å². The monoisotopic (exact) mass is 364 g/mol. The minimum absolute atomic E-state index is 0.0164. The van der Waals surface area contributed by atoms with Gasteiger partial charge >= 0.3 is 5.97 Å². The Morgan fingerprint density at radius 2 is 2.16 bits per heavy atom. The van der Waals surface area contributed by atoms with Crippen LogP contribution in [0.25, 0.3) is 0 Å². The molecule has 0 unspecified atom stereocenters. The second-order valence-corrected chi connectivity index (χ2v) is 5.68. The molecular formula is C15H16N4O5S. The van der Waals surface area contributed by atoms with Gasteiger partial charge in [-0.2, -0.15) is 0 Å². The summed E-state index contributed by atoms with van der Waals surface area (Å²) in [6, 6.07) is 4.12. The van der Waals surface area contributed by atoms with Gasteiger partial charge in [-0.3, -0.25) is 25.0 Å². The number of nitrogens with one attached hydrogen (secondary N) is 2. The van der Waals surface area contributed by atoms with E-state index < -0.39 is 16.8 Å². The topological polar surface area (TPSA) is 123 Å². The van der Waals surface area contributed by atoms with Gasteiger partial charge in [0, 0.05) is 24.1 Å². The Morgan fingerprint density at radius 1 is 1.40 bits per heavy atom. The number of rotatable bonds is 7. The molecule has 2 aromatic rings. The molecule has 0 spiro atoms. The van der Waals surface area contributed by atoms with Gasteiger partial charge in [0.05, 0.1) is 23.6 Å².